The van der Waals surface area contributed by atoms with Gasteiger partial charge in [0.15, 0.2) is 0 Å². The van der Waals surface area contributed by atoms with Crippen molar-refractivity contribution < 1.29 is 19.4 Å². The molecule has 0 unspecified atom stereocenters. The third kappa shape index (κ3) is 3.80. The fourth-order valence-corrected chi connectivity index (χ4v) is 2.61. The van der Waals surface area contributed by atoms with Crippen LogP contribution in [0.25, 0.3) is 11.1 Å². The van der Waals surface area contributed by atoms with Gasteiger partial charge in [0, 0.05) is 11.1 Å². The van der Waals surface area contributed by atoms with E-state index in [1.165, 1.54) is 13.2 Å². The number of methoxy groups -OCH3 is 1. The summed E-state index contributed by atoms with van der Waals surface area (Å²) in [6.45, 7) is 0.413. The molecule has 0 amide bonds. The maximum absolute atomic E-state index is 11.7. The van der Waals surface area contributed by atoms with Crippen LogP contribution in [-0.4, -0.2) is 18.2 Å². The van der Waals surface area contributed by atoms with Crippen molar-refractivity contribution in [2.45, 2.75) is 6.61 Å². The third-order valence-electron chi connectivity index (χ3n) is 3.87. The molecule has 0 aliphatic rings. The number of carboxylic acid groups (broad SMARTS) is 1. The smallest absolute Gasteiger partial charge is 0.336 e. The van der Waals surface area contributed by atoms with E-state index in [9.17, 15) is 9.90 Å². The minimum absolute atomic E-state index is 0.176. The number of ether oxygens (including phenoxy) is 2. The fourth-order valence-electron chi connectivity index (χ4n) is 2.61. The quantitative estimate of drug-likeness (QED) is 0.713. The van der Waals surface area contributed by atoms with Crippen LogP contribution in [0.4, 0.5) is 0 Å². The van der Waals surface area contributed by atoms with Gasteiger partial charge in [-0.2, -0.15) is 0 Å². The Morgan fingerprint density at radius 1 is 0.920 bits per heavy atom. The summed E-state index contributed by atoms with van der Waals surface area (Å²) in [7, 11) is 1.51. The minimum atomic E-state index is -1.01. The Bertz CT molecular complexity index is 872. The molecule has 3 aromatic carbocycles. The van der Waals surface area contributed by atoms with E-state index in [1.807, 2.05) is 54.6 Å². The molecular weight excluding hydrogens is 316 g/mol. The molecular formula is C21H18O4. The summed E-state index contributed by atoms with van der Waals surface area (Å²) in [4.78, 5) is 11.7. The Kier molecular flexibility index (Phi) is 5.00. The van der Waals surface area contributed by atoms with E-state index in [2.05, 4.69) is 0 Å². The second-order valence-electron chi connectivity index (χ2n) is 5.49. The first-order valence-electron chi connectivity index (χ1n) is 7.86. The second kappa shape index (κ2) is 7.53. The lowest BCUT2D eigenvalue weighted by molar-refractivity contribution is 0.0697. The van der Waals surface area contributed by atoms with Crippen LogP contribution in [-0.2, 0) is 6.61 Å². The number of aromatic carboxylic acids is 1. The van der Waals surface area contributed by atoms with Crippen LogP contribution < -0.4 is 9.47 Å². The van der Waals surface area contributed by atoms with E-state index in [1.54, 1.807) is 12.1 Å². The zero-order valence-corrected chi connectivity index (χ0v) is 13.8. The van der Waals surface area contributed by atoms with Gasteiger partial charge in [0.25, 0.3) is 0 Å². The molecule has 0 atom stereocenters. The van der Waals surface area contributed by atoms with E-state index < -0.39 is 5.97 Å². The lowest BCUT2D eigenvalue weighted by Crippen LogP contribution is -2.02. The van der Waals surface area contributed by atoms with Crippen molar-refractivity contribution >= 4 is 5.97 Å². The molecule has 25 heavy (non-hydrogen) atoms. The minimum Gasteiger partial charge on any atom is -0.497 e. The predicted octanol–water partition coefficient (Wildman–Crippen LogP) is 4.64. The van der Waals surface area contributed by atoms with Gasteiger partial charge >= 0.3 is 5.97 Å². The molecule has 1 N–H and O–H groups in total. The van der Waals surface area contributed by atoms with Crippen LogP contribution in [0, 0.1) is 0 Å². The van der Waals surface area contributed by atoms with Crippen molar-refractivity contribution in [3.63, 3.8) is 0 Å². The van der Waals surface area contributed by atoms with Crippen LogP contribution >= 0.6 is 0 Å². The highest BCUT2D eigenvalue weighted by Gasteiger charge is 2.16. The van der Waals surface area contributed by atoms with Crippen LogP contribution in [0.15, 0.2) is 72.8 Å². The standard InChI is InChI=1S/C21H18O4/c1-24-16-11-12-17(19(13-16)21(22)23)18-9-5-6-10-20(18)25-14-15-7-3-2-4-8-15/h2-13H,14H2,1H3,(H,22,23). The molecule has 0 aliphatic carbocycles. The predicted molar refractivity (Wildman–Crippen MR) is 96.2 cm³/mol. The van der Waals surface area contributed by atoms with Gasteiger partial charge in [-0.15, -0.1) is 0 Å². The molecule has 0 bridgehead atoms. The summed E-state index contributed by atoms with van der Waals surface area (Å²) in [5.41, 5.74) is 2.55. The average Bonchev–Trinajstić information content (AvgIpc) is 2.67. The average molecular weight is 334 g/mol. The number of hydrogen-bond acceptors (Lipinski definition) is 3. The topological polar surface area (TPSA) is 55.8 Å². The molecule has 3 aromatic rings. The van der Waals surface area contributed by atoms with Crippen molar-refractivity contribution in [1.29, 1.82) is 0 Å². The first kappa shape index (κ1) is 16.6. The van der Waals surface area contributed by atoms with Gasteiger partial charge in [0.1, 0.15) is 18.1 Å². The Hall–Kier alpha value is -3.27. The van der Waals surface area contributed by atoms with Gasteiger partial charge in [-0.05, 0) is 29.8 Å². The second-order valence-corrected chi connectivity index (χ2v) is 5.49. The van der Waals surface area contributed by atoms with E-state index >= 15 is 0 Å². The first-order valence-corrected chi connectivity index (χ1v) is 7.86. The van der Waals surface area contributed by atoms with Crippen molar-refractivity contribution in [3.05, 3.63) is 83.9 Å². The first-order chi connectivity index (χ1) is 12.2. The highest BCUT2D eigenvalue weighted by atomic mass is 16.5. The number of rotatable bonds is 6. The Morgan fingerprint density at radius 2 is 1.64 bits per heavy atom. The SMILES string of the molecule is COc1ccc(-c2ccccc2OCc2ccccc2)c(C(=O)O)c1. The van der Waals surface area contributed by atoms with Gasteiger partial charge in [0.2, 0.25) is 0 Å². The van der Waals surface area contributed by atoms with Crippen molar-refractivity contribution in [2.24, 2.45) is 0 Å². The monoisotopic (exact) mass is 334 g/mol. The molecule has 4 heteroatoms. The fraction of sp³-hybridized carbons (Fsp3) is 0.0952. The molecule has 0 aromatic heterocycles. The Labute approximate surface area is 146 Å². The van der Waals surface area contributed by atoms with E-state index in [4.69, 9.17) is 9.47 Å². The van der Waals surface area contributed by atoms with Crippen molar-refractivity contribution in [3.8, 4) is 22.6 Å². The molecule has 0 spiro atoms. The van der Waals surface area contributed by atoms with E-state index in [0.29, 0.717) is 23.7 Å². The van der Waals surface area contributed by atoms with Gasteiger partial charge in [-0.3, -0.25) is 0 Å². The zero-order chi connectivity index (χ0) is 17.6. The maximum Gasteiger partial charge on any atom is 0.336 e. The van der Waals surface area contributed by atoms with Gasteiger partial charge in [-0.25, -0.2) is 4.79 Å². The number of carbonyl (C=O) groups is 1. The highest BCUT2D eigenvalue weighted by Crippen LogP contribution is 2.34. The largest absolute Gasteiger partial charge is 0.497 e. The normalized spacial score (nSPS) is 10.3. The maximum atomic E-state index is 11.7. The van der Waals surface area contributed by atoms with Crippen LogP contribution in [0.5, 0.6) is 11.5 Å². The van der Waals surface area contributed by atoms with Crippen LogP contribution in [0.1, 0.15) is 15.9 Å². The molecule has 4 nitrogen and oxygen atoms in total. The summed E-state index contributed by atoms with van der Waals surface area (Å²) < 4.78 is 11.1. The number of para-hydroxylation sites is 1. The van der Waals surface area contributed by atoms with Crippen LogP contribution in [0.3, 0.4) is 0 Å². The summed E-state index contributed by atoms with van der Waals surface area (Å²) in [6.07, 6.45) is 0. The van der Waals surface area contributed by atoms with Gasteiger partial charge < -0.3 is 14.6 Å². The molecule has 0 saturated carbocycles. The molecule has 0 fully saturated rings. The summed E-state index contributed by atoms with van der Waals surface area (Å²) in [5, 5.41) is 9.55. The number of carboxylic acids is 1. The lowest BCUT2D eigenvalue weighted by Gasteiger charge is -2.14. The molecule has 0 aliphatic heterocycles. The molecule has 3 rings (SSSR count). The van der Waals surface area contributed by atoms with E-state index in [-0.39, 0.29) is 5.56 Å². The highest BCUT2D eigenvalue weighted by molar-refractivity contribution is 5.97. The summed E-state index contributed by atoms with van der Waals surface area (Å²) >= 11 is 0. The summed E-state index contributed by atoms with van der Waals surface area (Å²) in [6, 6.07) is 22.3. The summed E-state index contributed by atoms with van der Waals surface area (Å²) in [5.74, 6) is 0.134. The number of hydrogen-bond donors (Lipinski definition) is 1. The molecule has 126 valence electrons. The van der Waals surface area contributed by atoms with Crippen LogP contribution in [0.2, 0.25) is 0 Å². The third-order valence-corrected chi connectivity index (χ3v) is 3.87. The number of benzene rings is 3. The molecule has 0 radical (unpaired) electrons. The lowest BCUT2D eigenvalue weighted by atomic mass is 9.98. The van der Waals surface area contributed by atoms with Gasteiger partial charge in [-0.1, -0.05) is 48.5 Å². The molecule has 0 heterocycles. The Morgan fingerprint density at radius 3 is 2.36 bits per heavy atom. The van der Waals surface area contributed by atoms with Crippen molar-refractivity contribution in [1.82, 2.24) is 0 Å². The van der Waals surface area contributed by atoms with Gasteiger partial charge in [0.05, 0.1) is 12.7 Å². The molecule has 0 saturated heterocycles. The zero-order valence-electron chi connectivity index (χ0n) is 13.8. The van der Waals surface area contributed by atoms with Crippen molar-refractivity contribution in [2.75, 3.05) is 7.11 Å². The Balaban J connectivity index is 1.97. The van der Waals surface area contributed by atoms with E-state index in [0.717, 1.165) is 11.1 Å².